The molecule has 0 atom stereocenters. The highest BCUT2D eigenvalue weighted by Gasteiger charge is 2.36. The molecule has 0 bridgehead atoms. The number of hydrogen-bond acceptors (Lipinski definition) is 4. The normalized spacial score (nSPS) is 16.8. The number of hydrogen-bond donors (Lipinski definition) is 1. The van der Waals surface area contributed by atoms with E-state index in [1.807, 2.05) is 51.1 Å². The summed E-state index contributed by atoms with van der Waals surface area (Å²) in [4.78, 5) is 17.0. The summed E-state index contributed by atoms with van der Waals surface area (Å²) in [6, 6.07) is 16.3. The average Bonchev–Trinajstić information content (AvgIpc) is 3.32. The fourth-order valence-electron chi connectivity index (χ4n) is 3.98. The second-order valence-electron chi connectivity index (χ2n) is 7.91. The predicted molar refractivity (Wildman–Crippen MR) is 130 cm³/mol. The maximum atomic E-state index is 14.4. The number of amidine groups is 2. The molecule has 2 aromatic carbocycles. The van der Waals surface area contributed by atoms with Gasteiger partial charge in [-0.15, -0.1) is 0 Å². The van der Waals surface area contributed by atoms with Crippen LogP contribution in [0.25, 0.3) is 11.8 Å². The molecule has 1 aromatic heterocycles. The third-order valence-corrected chi connectivity index (χ3v) is 6.54. The molecule has 1 N–H and O–H groups in total. The van der Waals surface area contributed by atoms with E-state index in [2.05, 4.69) is 10.1 Å². The Bertz CT molecular complexity index is 1430. The molecule has 2 aliphatic heterocycles. The van der Waals surface area contributed by atoms with Crippen molar-refractivity contribution in [1.29, 1.82) is 5.41 Å². The minimum atomic E-state index is -0.491. The summed E-state index contributed by atoms with van der Waals surface area (Å²) >= 11 is 1.27. The molecule has 6 nitrogen and oxygen atoms in total. The standard InChI is InChI=1S/C25H20FN5OS/c1-14-7-6-8-17(11-14)24-29-31-22(27)19(23(32)28-25(31)33-24)13-18-12-15(2)30(16(18)3)21-10-5-4-9-20(21)26/h4-13,27H,1-3H3. The van der Waals surface area contributed by atoms with Crippen LogP contribution in [-0.2, 0) is 4.79 Å². The molecule has 1 amide bonds. The number of nitrogens with one attached hydrogen (secondary N) is 1. The first-order valence-electron chi connectivity index (χ1n) is 10.3. The van der Waals surface area contributed by atoms with Crippen LogP contribution in [0.4, 0.5) is 4.39 Å². The number of carbonyl (C=O) groups is 1. The number of halogens is 1. The Hall–Kier alpha value is -3.78. The SMILES string of the molecule is Cc1cccc(C2=NN3C(=N)C(=Cc4cc(C)n(-c5ccccc5F)c4C)C(=O)N=C3S2)c1. The van der Waals surface area contributed by atoms with Gasteiger partial charge in [-0.05, 0) is 68.4 Å². The molecule has 0 aliphatic carbocycles. The van der Waals surface area contributed by atoms with Crippen molar-refractivity contribution in [3.63, 3.8) is 0 Å². The smallest absolute Gasteiger partial charge is 0.283 e. The molecule has 0 radical (unpaired) electrons. The Morgan fingerprint density at radius 2 is 1.85 bits per heavy atom. The van der Waals surface area contributed by atoms with E-state index in [0.717, 1.165) is 28.1 Å². The molecule has 3 heterocycles. The third-order valence-electron chi connectivity index (χ3n) is 5.58. The Morgan fingerprint density at radius 3 is 2.61 bits per heavy atom. The van der Waals surface area contributed by atoms with E-state index in [9.17, 15) is 9.18 Å². The molecule has 0 saturated heterocycles. The minimum absolute atomic E-state index is 0.0316. The van der Waals surface area contributed by atoms with Crippen molar-refractivity contribution in [3.8, 4) is 5.69 Å². The largest absolute Gasteiger partial charge is 0.315 e. The highest BCUT2D eigenvalue weighted by molar-refractivity contribution is 8.27. The number of thioether (sulfide) groups is 1. The maximum Gasteiger partial charge on any atom is 0.283 e. The second-order valence-corrected chi connectivity index (χ2v) is 8.86. The van der Waals surface area contributed by atoms with Gasteiger partial charge in [0.25, 0.3) is 5.91 Å². The number of para-hydroxylation sites is 1. The fraction of sp³-hybridized carbons (Fsp3) is 0.120. The topological polar surface area (TPSA) is 73.8 Å². The quantitative estimate of drug-likeness (QED) is 0.549. The van der Waals surface area contributed by atoms with Crippen LogP contribution in [0, 0.1) is 32.0 Å². The number of benzene rings is 2. The van der Waals surface area contributed by atoms with Crippen LogP contribution in [0.2, 0.25) is 0 Å². The summed E-state index contributed by atoms with van der Waals surface area (Å²) in [6.45, 7) is 5.73. The third kappa shape index (κ3) is 3.62. The number of nitrogens with zero attached hydrogens (tertiary/aromatic N) is 4. The first kappa shape index (κ1) is 21.1. The number of rotatable bonds is 3. The first-order chi connectivity index (χ1) is 15.8. The van der Waals surface area contributed by atoms with Gasteiger partial charge in [0, 0.05) is 17.0 Å². The molecular formula is C25H20FN5OS. The second kappa shape index (κ2) is 7.97. The zero-order valence-corrected chi connectivity index (χ0v) is 19.1. The van der Waals surface area contributed by atoms with Gasteiger partial charge < -0.3 is 4.57 Å². The van der Waals surface area contributed by atoms with Crippen molar-refractivity contribution in [2.45, 2.75) is 20.8 Å². The summed E-state index contributed by atoms with van der Waals surface area (Å²) in [6.07, 6.45) is 1.63. The van der Waals surface area contributed by atoms with Crippen LogP contribution in [0.1, 0.15) is 28.1 Å². The molecule has 2 aliphatic rings. The lowest BCUT2D eigenvalue weighted by molar-refractivity contribution is -0.114. The van der Waals surface area contributed by atoms with Crippen LogP contribution >= 0.6 is 11.8 Å². The zero-order valence-electron chi connectivity index (χ0n) is 18.3. The highest BCUT2D eigenvalue weighted by Crippen LogP contribution is 2.32. The molecule has 0 spiro atoms. The van der Waals surface area contributed by atoms with Crippen LogP contribution in [0.5, 0.6) is 0 Å². The van der Waals surface area contributed by atoms with Crippen molar-refractivity contribution in [2.24, 2.45) is 10.1 Å². The average molecular weight is 458 g/mol. The van der Waals surface area contributed by atoms with Gasteiger partial charge in [-0.2, -0.15) is 15.1 Å². The molecule has 5 rings (SSSR count). The van der Waals surface area contributed by atoms with E-state index in [-0.39, 0.29) is 17.2 Å². The van der Waals surface area contributed by atoms with E-state index in [4.69, 9.17) is 5.41 Å². The van der Waals surface area contributed by atoms with E-state index in [1.165, 1.54) is 22.8 Å². The van der Waals surface area contributed by atoms with Crippen molar-refractivity contribution < 1.29 is 9.18 Å². The Kier molecular flexibility index (Phi) is 5.09. The van der Waals surface area contributed by atoms with Gasteiger partial charge in [0.05, 0.1) is 11.3 Å². The Balaban J connectivity index is 1.53. The first-order valence-corrected chi connectivity index (χ1v) is 11.2. The molecule has 164 valence electrons. The Morgan fingerprint density at radius 1 is 1.06 bits per heavy atom. The monoisotopic (exact) mass is 457 g/mol. The van der Waals surface area contributed by atoms with Gasteiger partial charge in [-0.1, -0.05) is 35.9 Å². The van der Waals surface area contributed by atoms with Crippen LogP contribution in [-0.4, -0.2) is 31.5 Å². The lowest BCUT2D eigenvalue weighted by Gasteiger charge is -2.20. The molecular weight excluding hydrogens is 437 g/mol. The Labute approximate surface area is 194 Å². The number of aliphatic imine (C=N–C) groups is 1. The zero-order chi connectivity index (χ0) is 23.3. The van der Waals surface area contributed by atoms with E-state index in [0.29, 0.717) is 15.9 Å². The van der Waals surface area contributed by atoms with Crippen molar-refractivity contribution in [1.82, 2.24) is 9.58 Å². The maximum absolute atomic E-state index is 14.4. The molecule has 0 unspecified atom stereocenters. The highest BCUT2D eigenvalue weighted by atomic mass is 32.2. The number of amides is 1. The van der Waals surface area contributed by atoms with Gasteiger partial charge >= 0.3 is 0 Å². The van der Waals surface area contributed by atoms with Gasteiger partial charge in [0.15, 0.2) is 5.84 Å². The van der Waals surface area contributed by atoms with Crippen molar-refractivity contribution >= 4 is 39.8 Å². The number of fused-ring (bicyclic) bond motifs is 1. The van der Waals surface area contributed by atoms with E-state index >= 15 is 0 Å². The number of carbonyl (C=O) groups excluding carboxylic acids is 1. The van der Waals surface area contributed by atoms with Crippen LogP contribution in [0.3, 0.4) is 0 Å². The van der Waals surface area contributed by atoms with Crippen LogP contribution < -0.4 is 0 Å². The van der Waals surface area contributed by atoms with E-state index < -0.39 is 5.91 Å². The van der Waals surface area contributed by atoms with Crippen molar-refractivity contribution in [3.05, 3.63) is 94.1 Å². The molecule has 0 fully saturated rings. The number of aryl methyl sites for hydroxylation is 2. The lowest BCUT2D eigenvalue weighted by Crippen LogP contribution is -2.35. The molecule has 0 saturated carbocycles. The molecule has 3 aromatic rings. The molecule has 8 heteroatoms. The predicted octanol–water partition coefficient (Wildman–Crippen LogP) is 5.21. The van der Waals surface area contributed by atoms with E-state index in [1.54, 1.807) is 28.8 Å². The summed E-state index contributed by atoms with van der Waals surface area (Å²) in [5, 5.41) is 15.6. The van der Waals surface area contributed by atoms with Gasteiger partial charge in [0.1, 0.15) is 10.9 Å². The number of hydrazone groups is 1. The summed E-state index contributed by atoms with van der Waals surface area (Å²) in [5.74, 6) is -0.854. The summed E-state index contributed by atoms with van der Waals surface area (Å²) in [5.41, 5.74) is 4.89. The fourth-order valence-corrected chi connectivity index (χ4v) is 4.87. The lowest BCUT2D eigenvalue weighted by atomic mass is 10.1. The molecule has 33 heavy (non-hydrogen) atoms. The number of aromatic nitrogens is 1. The summed E-state index contributed by atoms with van der Waals surface area (Å²) in [7, 11) is 0. The minimum Gasteiger partial charge on any atom is -0.315 e. The van der Waals surface area contributed by atoms with Crippen molar-refractivity contribution in [2.75, 3.05) is 0 Å². The van der Waals surface area contributed by atoms with Gasteiger partial charge in [-0.25, -0.2) is 4.39 Å². The summed E-state index contributed by atoms with van der Waals surface area (Å²) < 4.78 is 16.2. The van der Waals surface area contributed by atoms with Gasteiger partial charge in [0.2, 0.25) is 5.17 Å². The van der Waals surface area contributed by atoms with Gasteiger partial charge in [-0.3, -0.25) is 10.2 Å². The van der Waals surface area contributed by atoms with Crippen LogP contribution in [0.15, 0.2) is 70.3 Å².